The van der Waals surface area contributed by atoms with Gasteiger partial charge < -0.3 is 0 Å². The zero-order chi connectivity index (χ0) is 51.1. The average molecular weight is 1060 g/mol. The number of nitrogens with zero attached hydrogens (tertiary/aromatic N) is 2. The number of aryl methyl sites for hydroxylation is 5. The Balaban J connectivity index is 1.61. The van der Waals surface area contributed by atoms with Crippen molar-refractivity contribution < 1.29 is 53.0 Å². The minimum absolute atomic E-state index is 0.0301. The quantitative estimate of drug-likeness (QED) is 0.0173. The van der Waals surface area contributed by atoms with Gasteiger partial charge in [-0.25, -0.2) is 0 Å². The molecule has 7 rings (SSSR count). The van der Waals surface area contributed by atoms with E-state index in [4.69, 9.17) is 32.0 Å². The standard InChI is InChI=1S/C56H72N3O11P3/c60-41-19-14-29-46-24-4-9-36-52(46)66-72(67-53-37-10-5-25-47(53)30-15-20-42-61)57-71-58-73(59(72)65-51-34-2-1-3-35-51,68-54-38-11-6-26-48(54)31-16-21-43-62,69-55-39-12-7-27-49(55)32-17-22-44-63)70-56-40-13-8-28-50(56)33-18-23-45-64/h1-13,24-28,34-40,58,60-64,71H,14-23,29-33,41-45H2. The van der Waals surface area contributed by atoms with E-state index in [1.54, 1.807) is 0 Å². The first-order valence-corrected chi connectivity index (χ1v) is 29.9. The number of rotatable bonds is 32. The molecule has 1 atom stereocenters. The summed E-state index contributed by atoms with van der Waals surface area (Å²) in [6.07, 6.45) is 9.01. The number of hydrogen-bond acceptors (Lipinski definition) is 14. The second kappa shape index (κ2) is 28.6. The van der Waals surface area contributed by atoms with Crippen molar-refractivity contribution in [1.29, 1.82) is 0 Å². The van der Waals surface area contributed by atoms with E-state index in [0.717, 1.165) is 27.8 Å². The second-order valence-electron chi connectivity index (χ2n) is 17.7. The van der Waals surface area contributed by atoms with Crippen LogP contribution in [0.15, 0.2) is 156 Å². The Morgan fingerprint density at radius 3 is 1.04 bits per heavy atom. The second-order valence-corrected chi connectivity index (χ2v) is 24.3. The average Bonchev–Trinajstić information content (AvgIpc) is 3.41. The van der Waals surface area contributed by atoms with Crippen molar-refractivity contribution in [2.24, 2.45) is 4.52 Å². The zero-order valence-electron chi connectivity index (χ0n) is 41.6. The van der Waals surface area contributed by atoms with Gasteiger partial charge in [-0.1, -0.05) is 0 Å². The van der Waals surface area contributed by atoms with E-state index in [-0.39, 0.29) is 33.0 Å². The first-order chi connectivity index (χ1) is 35.9. The molecule has 1 aliphatic rings. The molecule has 0 spiro atoms. The third kappa shape index (κ3) is 14.8. The van der Waals surface area contributed by atoms with Gasteiger partial charge in [0.25, 0.3) is 0 Å². The van der Waals surface area contributed by atoms with Crippen molar-refractivity contribution in [2.75, 3.05) is 33.0 Å². The summed E-state index contributed by atoms with van der Waals surface area (Å²) in [5.41, 5.74) is 4.17. The molecule has 1 aliphatic heterocycles. The molecule has 6 aromatic rings. The van der Waals surface area contributed by atoms with Crippen molar-refractivity contribution in [2.45, 2.75) is 96.3 Å². The summed E-state index contributed by atoms with van der Waals surface area (Å²) in [5.74, 6) is 2.56. The third-order valence-electron chi connectivity index (χ3n) is 12.2. The molecule has 0 fully saturated rings. The number of nitrogens with one attached hydrogen (secondary N) is 1. The van der Waals surface area contributed by atoms with Crippen molar-refractivity contribution >= 4 is 24.1 Å². The first-order valence-electron chi connectivity index (χ1n) is 25.5. The fourth-order valence-electron chi connectivity index (χ4n) is 8.41. The molecular formula is C56H72N3O11P3. The third-order valence-corrected chi connectivity index (χ3v) is 20.7. The summed E-state index contributed by atoms with van der Waals surface area (Å²) in [6.45, 7) is 0.178. The fourth-order valence-corrected chi connectivity index (χ4v) is 17.9. The van der Waals surface area contributed by atoms with Crippen molar-refractivity contribution in [1.82, 2.24) is 9.46 Å². The van der Waals surface area contributed by atoms with Gasteiger partial charge in [-0.05, 0) is 0 Å². The molecule has 6 N–H and O–H groups in total. The normalized spacial score (nSPS) is 15.6. The number of unbranched alkanes of at least 4 members (excludes halogenated alkanes) is 5. The van der Waals surface area contributed by atoms with Crippen LogP contribution in [0.5, 0.6) is 34.5 Å². The molecule has 0 bridgehead atoms. The van der Waals surface area contributed by atoms with E-state index in [2.05, 4.69) is 4.86 Å². The van der Waals surface area contributed by atoms with Gasteiger partial charge in [0.2, 0.25) is 0 Å². The van der Waals surface area contributed by atoms with Crippen LogP contribution in [0.2, 0.25) is 0 Å². The van der Waals surface area contributed by atoms with Gasteiger partial charge in [-0.3, -0.25) is 0 Å². The van der Waals surface area contributed by atoms with E-state index < -0.39 is 24.1 Å². The summed E-state index contributed by atoms with van der Waals surface area (Å²) in [4.78, 5) is 11.1. The molecule has 0 saturated heterocycles. The Hall–Kier alpha value is -5.07. The Labute approximate surface area is 432 Å². The molecule has 392 valence electrons. The molecule has 14 nitrogen and oxygen atoms in total. The minimum atomic E-state index is -5.74. The maximum atomic E-state index is 9.94. The van der Waals surface area contributed by atoms with Crippen LogP contribution < -0.4 is 32.3 Å². The molecule has 73 heavy (non-hydrogen) atoms. The summed E-state index contributed by atoms with van der Waals surface area (Å²) in [7, 11) is -10.6. The number of hydrogen-bond donors (Lipinski definition) is 6. The van der Waals surface area contributed by atoms with Crippen LogP contribution >= 0.6 is 24.1 Å². The molecule has 0 aromatic heterocycles. The van der Waals surface area contributed by atoms with E-state index in [1.807, 2.05) is 152 Å². The number of aliphatic hydroxyl groups excluding tert-OH is 5. The van der Waals surface area contributed by atoms with Gasteiger partial charge in [0, 0.05) is 0 Å². The Morgan fingerprint density at radius 1 is 0.397 bits per heavy atom. The SMILES string of the molecule is OCCCCc1ccccc1OP1(Oc2ccccc2CCCCO)=NPNP(Oc2ccccc2CCCCO)(Oc2ccccc2CCCCO)(Oc2ccccc2CCCCO)N1Oc1ccccc1. The summed E-state index contributed by atoms with van der Waals surface area (Å²) < 4.78 is 45.8. The van der Waals surface area contributed by atoms with E-state index in [9.17, 15) is 25.5 Å². The van der Waals surface area contributed by atoms with Gasteiger partial charge in [0.05, 0.1) is 0 Å². The van der Waals surface area contributed by atoms with Crippen LogP contribution in [0.3, 0.4) is 0 Å². The van der Waals surface area contributed by atoms with Gasteiger partial charge in [-0.2, -0.15) is 0 Å². The summed E-state index contributed by atoms with van der Waals surface area (Å²) >= 11 is 0. The van der Waals surface area contributed by atoms with Crippen molar-refractivity contribution in [3.05, 3.63) is 179 Å². The van der Waals surface area contributed by atoms with Gasteiger partial charge in [-0.15, -0.1) is 0 Å². The van der Waals surface area contributed by atoms with E-state index in [0.29, 0.717) is 131 Å². The molecular weight excluding hydrogens is 984 g/mol. The predicted molar refractivity (Wildman–Crippen MR) is 292 cm³/mol. The van der Waals surface area contributed by atoms with E-state index in [1.165, 1.54) is 4.60 Å². The van der Waals surface area contributed by atoms with Crippen LogP contribution in [0.1, 0.15) is 92.0 Å². The van der Waals surface area contributed by atoms with Crippen molar-refractivity contribution in [3.63, 3.8) is 0 Å². The molecule has 0 aliphatic carbocycles. The Morgan fingerprint density at radius 2 is 0.699 bits per heavy atom. The summed E-state index contributed by atoms with van der Waals surface area (Å²) in [5, 5.41) is 49.6. The Kier molecular flexibility index (Phi) is 21.8. The van der Waals surface area contributed by atoms with Crippen LogP contribution in [-0.2, 0) is 32.1 Å². The molecule has 6 aromatic carbocycles. The predicted octanol–water partition coefficient (Wildman–Crippen LogP) is 12.4. The fraction of sp³-hybridized carbons (Fsp3) is 0.357. The van der Waals surface area contributed by atoms with Gasteiger partial charge in [0.15, 0.2) is 0 Å². The summed E-state index contributed by atoms with van der Waals surface area (Å²) in [6, 6.07) is 47.8. The number of aliphatic hydroxyl groups is 5. The molecule has 0 saturated carbocycles. The van der Waals surface area contributed by atoms with Gasteiger partial charge >= 0.3 is 434 Å². The van der Waals surface area contributed by atoms with Gasteiger partial charge in [0.1, 0.15) is 0 Å². The number of benzene rings is 6. The number of para-hydroxylation sites is 6. The monoisotopic (exact) mass is 1060 g/mol. The molecule has 1 unspecified atom stereocenters. The molecule has 0 amide bonds. The molecule has 17 heteroatoms. The van der Waals surface area contributed by atoms with Crippen LogP contribution in [0.4, 0.5) is 0 Å². The van der Waals surface area contributed by atoms with Crippen LogP contribution in [0.25, 0.3) is 0 Å². The topological polar surface area (TPSA) is 184 Å². The van der Waals surface area contributed by atoms with Crippen LogP contribution in [0, 0.1) is 0 Å². The zero-order valence-corrected chi connectivity index (χ0v) is 44.3. The van der Waals surface area contributed by atoms with Crippen LogP contribution in [-0.4, -0.2) is 63.2 Å². The first kappa shape index (κ1) is 55.7. The Bertz CT molecular complexity index is 2470. The maximum absolute atomic E-state index is 9.94. The van der Waals surface area contributed by atoms with E-state index >= 15 is 0 Å². The molecule has 1 heterocycles. The van der Waals surface area contributed by atoms with Crippen molar-refractivity contribution in [3.8, 4) is 34.5 Å². The molecule has 0 radical (unpaired) electrons.